The van der Waals surface area contributed by atoms with E-state index in [9.17, 15) is 0 Å². The molecule has 0 saturated carbocycles. The molecule has 25 heavy (non-hydrogen) atoms. The van der Waals surface area contributed by atoms with Crippen LogP contribution in [0, 0.1) is 5.41 Å². The molecular weight excluding hydrogens is 429 g/mol. The maximum absolute atomic E-state index is 5.59. The zero-order valence-corrected chi connectivity index (χ0v) is 18.9. The molecule has 0 bridgehead atoms. The van der Waals surface area contributed by atoms with E-state index in [1.165, 1.54) is 0 Å². The number of aromatic nitrogens is 1. The van der Waals surface area contributed by atoms with Crippen molar-refractivity contribution >= 4 is 35.8 Å². The van der Waals surface area contributed by atoms with Crippen LogP contribution in [0.3, 0.4) is 0 Å². The molecular formula is C18H34IN5O. The van der Waals surface area contributed by atoms with Crippen molar-refractivity contribution in [2.75, 3.05) is 39.2 Å². The number of pyridine rings is 1. The molecule has 1 aromatic heterocycles. The lowest BCUT2D eigenvalue weighted by atomic mass is 9.89. The first-order chi connectivity index (χ1) is 11.3. The van der Waals surface area contributed by atoms with Gasteiger partial charge in [0.05, 0.1) is 12.6 Å². The second kappa shape index (κ2) is 11.5. The Balaban J connectivity index is 0.00000576. The minimum Gasteiger partial charge on any atom is -0.379 e. The quantitative estimate of drug-likeness (QED) is 0.370. The van der Waals surface area contributed by atoms with Crippen molar-refractivity contribution in [3.05, 3.63) is 23.9 Å². The highest BCUT2D eigenvalue weighted by Crippen LogP contribution is 2.20. The van der Waals surface area contributed by atoms with Crippen molar-refractivity contribution in [2.45, 2.75) is 40.3 Å². The molecule has 1 atom stereocenters. The fourth-order valence-corrected chi connectivity index (χ4v) is 2.25. The molecule has 1 aromatic rings. The lowest BCUT2D eigenvalue weighted by Gasteiger charge is -2.30. The van der Waals surface area contributed by atoms with Crippen LogP contribution in [0.5, 0.6) is 0 Å². The summed E-state index contributed by atoms with van der Waals surface area (Å²) in [7, 11) is 5.72. The van der Waals surface area contributed by atoms with Crippen molar-refractivity contribution in [2.24, 2.45) is 10.4 Å². The van der Waals surface area contributed by atoms with Gasteiger partial charge in [0.1, 0.15) is 5.82 Å². The highest BCUT2D eigenvalue weighted by atomic mass is 127. The summed E-state index contributed by atoms with van der Waals surface area (Å²) in [5, 5.41) is 6.65. The standard InChI is InChI=1S/C18H33N5O.HI/c1-8-19-17(22-13-15(24-7)18(2,3)4)21-12-14-9-10-20-16(11-14)23(5)6;/h9-11,15H,8,12-13H2,1-7H3,(H2,19,21,22);1H. The van der Waals surface area contributed by atoms with Crippen molar-refractivity contribution in [3.63, 3.8) is 0 Å². The molecule has 0 radical (unpaired) electrons. The van der Waals surface area contributed by atoms with Gasteiger partial charge in [-0.3, -0.25) is 0 Å². The zero-order chi connectivity index (χ0) is 18.2. The van der Waals surface area contributed by atoms with Crippen molar-refractivity contribution < 1.29 is 4.74 Å². The van der Waals surface area contributed by atoms with Gasteiger partial charge in [-0.1, -0.05) is 20.8 Å². The molecule has 6 nitrogen and oxygen atoms in total. The van der Waals surface area contributed by atoms with E-state index in [-0.39, 0.29) is 35.5 Å². The molecule has 0 spiro atoms. The minimum absolute atomic E-state index is 0. The van der Waals surface area contributed by atoms with Gasteiger partial charge in [0.25, 0.3) is 0 Å². The summed E-state index contributed by atoms with van der Waals surface area (Å²) >= 11 is 0. The van der Waals surface area contributed by atoms with Crippen LogP contribution in [0.25, 0.3) is 0 Å². The van der Waals surface area contributed by atoms with Crippen LogP contribution in [-0.2, 0) is 11.3 Å². The number of hydrogen-bond acceptors (Lipinski definition) is 4. The van der Waals surface area contributed by atoms with Crippen LogP contribution < -0.4 is 15.5 Å². The lowest BCUT2D eigenvalue weighted by molar-refractivity contribution is 0.0205. The summed E-state index contributed by atoms with van der Waals surface area (Å²) in [6, 6.07) is 4.05. The Morgan fingerprint density at radius 3 is 2.52 bits per heavy atom. The van der Waals surface area contributed by atoms with Gasteiger partial charge in [0.2, 0.25) is 0 Å². The third kappa shape index (κ3) is 8.71. The molecule has 0 aliphatic heterocycles. The first-order valence-corrected chi connectivity index (χ1v) is 8.45. The van der Waals surface area contributed by atoms with Gasteiger partial charge < -0.3 is 20.3 Å². The average molecular weight is 463 g/mol. The Labute approximate surface area is 169 Å². The molecule has 0 aliphatic rings. The normalized spacial score (nSPS) is 13.0. The monoisotopic (exact) mass is 463 g/mol. The molecule has 0 fully saturated rings. The van der Waals surface area contributed by atoms with Gasteiger partial charge in [0, 0.05) is 40.5 Å². The lowest BCUT2D eigenvalue weighted by Crippen LogP contribution is -2.45. The van der Waals surface area contributed by atoms with E-state index in [1.807, 2.05) is 31.3 Å². The highest BCUT2D eigenvalue weighted by molar-refractivity contribution is 14.0. The van der Waals surface area contributed by atoms with Crippen LogP contribution in [0.4, 0.5) is 5.82 Å². The van der Waals surface area contributed by atoms with E-state index < -0.39 is 0 Å². The number of nitrogens with zero attached hydrogens (tertiary/aromatic N) is 3. The summed E-state index contributed by atoms with van der Waals surface area (Å²) < 4.78 is 5.59. The van der Waals surface area contributed by atoms with E-state index in [1.54, 1.807) is 7.11 Å². The van der Waals surface area contributed by atoms with Gasteiger partial charge in [-0.05, 0) is 30.0 Å². The first kappa shape index (κ1) is 23.9. The fourth-order valence-electron chi connectivity index (χ4n) is 2.25. The van der Waals surface area contributed by atoms with Crippen LogP contribution in [-0.4, -0.2) is 51.3 Å². The summed E-state index contributed by atoms with van der Waals surface area (Å²) in [5.74, 6) is 1.74. The number of guanidine groups is 1. The number of nitrogens with one attached hydrogen (secondary N) is 2. The molecule has 1 heterocycles. The Morgan fingerprint density at radius 1 is 1.32 bits per heavy atom. The topological polar surface area (TPSA) is 61.8 Å². The van der Waals surface area contributed by atoms with E-state index in [4.69, 9.17) is 4.74 Å². The minimum atomic E-state index is 0. The number of ether oxygens (including phenoxy) is 1. The smallest absolute Gasteiger partial charge is 0.191 e. The third-order valence-corrected chi connectivity index (χ3v) is 3.74. The molecule has 0 amide bonds. The maximum Gasteiger partial charge on any atom is 0.191 e. The number of hydrogen-bond donors (Lipinski definition) is 2. The van der Waals surface area contributed by atoms with Crippen LogP contribution in [0.15, 0.2) is 23.3 Å². The van der Waals surface area contributed by atoms with Gasteiger partial charge in [-0.2, -0.15) is 0 Å². The third-order valence-electron chi connectivity index (χ3n) is 3.74. The molecule has 0 aliphatic carbocycles. The Morgan fingerprint density at radius 2 is 2.00 bits per heavy atom. The zero-order valence-electron chi connectivity index (χ0n) is 16.6. The second-order valence-electron chi connectivity index (χ2n) is 7.08. The van der Waals surface area contributed by atoms with E-state index >= 15 is 0 Å². The molecule has 1 unspecified atom stereocenters. The Bertz CT molecular complexity index is 528. The maximum atomic E-state index is 5.59. The predicted molar refractivity (Wildman–Crippen MR) is 117 cm³/mol. The fraction of sp³-hybridized carbons (Fsp3) is 0.667. The van der Waals surface area contributed by atoms with E-state index in [0.29, 0.717) is 13.1 Å². The summed E-state index contributed by atoms with van der Waals surface area (Å²) in [4.78, 5) is 11.0. The largest absolute Gasteiger partial charge is 0.379 e. The molecule has 0 aromatic carbocycles. The van der Waals surface area contributed by atoms with Crippen molar-refractivity contribution in [1.82, 2.24) is 15.6 Å². The van der Waals surface area contributed by atoms with Gasteiger partial charge in [-0.25, -0.2) is 9.98 Å². The summed E-state index contributed by atoms with van der Waals surface area (Å²) in [6.45, 7) is 10.7. The summed E-state index contributed by atoms with van der Waals surface area (Å²) in [5.41, 5.74) is 1.20. The van der Waals surface area contributed by atoms with Gasteiger partial charge in [-0.15, -0.1) is 24.0 Å². The second-order valence-corrected chi connectivity index (χ2v) is 7.08. The Kier molecular flexibility index (Phi) is 11.0. The van der Waals surface area contributed by atoms with Crippen LogP contribution in [0.1, 0.15) is 33.3 Å². The predicted octanol–water partition coefficient (Wildman–Crippen LogP) is 2.88. The average Bonchev–Trinajstić information content (AvgIpc) is 2.52. The number of aliphatic imine (C=N–C) groups is 1. The molecule has 2 N–H and O–H groups in total. The van der Waals surface area contributed by atoms with Crippen LogP contribution >= 0.6 is 24.0 Å². The number of anilines is 1. The van der Waals surface area contributed by atoms with Gasteiger partial charge in [0.15, 0.2) is 5.96 Å². The SMILES string of the molecule is CCNC(=NCc1ccnc(N(C)C)c1)NCC(OC)C(C)(C)C.I. The van der Waals surface area contributed by atoms with E-state index in [0.717, 1.165) is 23.9 Å². The first-order valence-electron chi connectivity index (χ1n) is 8.45. The molecule has 144 valence electrons. The van der Waals surface area contributed by atoms with Gasteiger partial charge >= 0.3 is 0 Å². The Hall–Kier alpha value is -1.09. The number of methoxy groups -OCH3 is 1. The van der Waals surface area contributed by atoms with Crippen LogP contribution in [0.2, 0.25) is 0 Å². The summed E-state index contributed by atoms with van der Waals surface area (Å²) in [6.07, 6.45) is 1.93. The molecule has 0 saturated heterocycles. The van der Waals surface area contributed by atoms with E-state index in [2.05, 4.69) is 54.4 Å². The van der Waals surface area contributed by atoms with Crippen molar-refractivity contribution in [1.29, 1.82) is 0 Å². The molecule has 7 heteroatoms. The highest BCUT2D eigenvalue weighted by Gasteiger charge is 2.24. The molecule has 1 rings (SSSR count). The number of rotatable bonds is 7. The van der Waals surface area contributed by atoms with Crippen molar-refractivity contribution in [3.8, 4) is 0 Å². The number of halogens is 1.